The predicted octanol–water partition coefficient (Wildman–Crippen LogP) is 1.81. The topological polar surface area (TPSA) is 70.1 Å². The molecule has 0 saturated carbocycles. The van der Waals surface area contributed by atoms with Crippen LogP contribution >= 0.6 is 0 Å². The Balaban J connectivity index is 2.99. The summed E-state index contributed by atoms with van der Waals surface area (Å²) in [6, 6.07) is -0.596. The highest BCUT2D eigenvalue weighted by Gasteiger charge is 2.41. The molecule has 0 radical (unpaired) electrons. The van der Waals surface area contributed by atoms with E-state index in [9.17, 15) is 14.7 Å². The maximum Gasteiger partial charge on any atom is 0.321 e. The van der Waals surface area contributed by atoms with Crippen molar-refractivity contribution in [3.8, 4) is 0 Å². The largest absolute Gasteiger partial charge is 0.481 e. The standard InChI is InChI=1S/C15H26N2O4/c1-6-8-17(15(3,4)5)14(20)16(7-2)12-10-21-9-11(12)13(18)19/h6,11-12H,1,7-10H2,2-5H3,(H,18,19). The molecule has 2 unspecified atom stereocenters. The van der Waals surface area contributed by atoms with Gasteiger partial charge >= 0.3 is 12.0 Å². The van der Waals surface area contributed by atoms with Crippen molar-refractivity contribution in [2.45, 2.75) is 39.3 Å². The SMILES string of the molecule is C=CCN(C(=O)N(CC)C1COCC1C(=O)O)C(C)(C)C. The van der Waals surface area contributed by atoms with Crippen LogP contribution in [0.4, 0.5) is 4.79 Å². The highest BCUT2D eigenvalue weighted by molar-refractivity contribution is 5.78. The molecule has 2 amide bonds. The Kier molecular flexibility index (Phi) is 5.78. The molecule has 0 spiro atoms. The van der Waals surface area contributed by atoms with E-state index in [2.05, 4.69) is 6.58 Å². The molecule has 6 heteroatoms. The number of hydrogen-bond acceptors (Lipinski definition) is 3. The van der Waals surface area contributed by atoms with E-state index in [4.69, 9.17) is 4.74 Å². The number of amides is 2. The fraction of sp³-hybridized carbons (Fsp3) is 0.733. The van der Waals surface area contributed by atoms with E-state index in [-0.39, 0.29) is 24.8 Å². The Hall–Kier alpha value is -1.56. The number of urea groups is 1. The minimum atomic E-state index is -0.922. The van der Waals surface area contributed by atoms with Gasteiger partial charge in [-0.3, -0.25) is 4.79 Å². The van der Waals surface area contributed by atoms with Gasteiger partial charge < -0.3 is 19.6 Å². The molecule has 1 heterocycles. The van der Waals surface area contributed by atoms with E-state index >= 15 is 0 Å². The molecular formula is C15H26N2O4. The minimum absolute atomic E-state index is 0.154. The number of likely N-dealkylation sites (N-methyl/N-ethyl adjacent to an activating group) is 1. The van der Waals surface area contributed by atoms with Crippen molar-refractivity contribution < 1.29 is 19.4 Å². The monoisotopic (exact) mass is 298 g/mol. The predicted molar refractivity (Wildman–Crippen MR) is 80.2 cm³/mol. The molecule has 1 aliphatic rings. The lowest BCUT2D eigenvalue weighted by atomic mass is 10.0. The average molecular weight is 298 g/mol. The van der Waals surface area contributed by atoms with Crippen molar-refractivity contribution in [2.75, 3.05) is 26.3 Å². The molecule has 0 aromatic carbocycles. The smallest absolute Gasteiger partial charge is 0.321 e. The third-order valence-corrected chi connectivity index (χ3v) is 3.71. The Morgan fingerprint density at radius 3 is 2.43 bits per heavy atom. The molecule has 120 valence electrons. The quantitative estimate of drug-likeness (QED) is 0.786. The molecule has 21 heavy (non-hydrogen) atoms. The van der Waals surface area contributed by atoms with Gasteiger partial charge in [0.2, 0.25) is 0 Å². The minimum Gasteiger partial charge on any atom is -0.481 e. The number of rotatable bonds is 5. The van der Waals surface area contributed by atoms with Crippen LogP contribution in [-0.2, 0) is 9.53 Å². The van der Waals surface area contributed by atoms with E-state index in [0.29, 0.717) is 13.1 Å². The van der Waals surface area contributed by atoms with Gasteiger partial charge in [0.25, 0.3) is 0 Å². The van der Waals surface area contributed by atoms with Gasteiger partial charge in [0.1, 0.15) is 5.92 Å². The molecule has 0 aromatic rings. The van der Waals surface area contributed by atoms with Crippen LogP contribution in [0.5, 0.6) is 0 Å². The van der Waals surface area contributed by atoms with Crippen molar-refractivity contribution in [3.63, 3.8) is 0 Å². The maximum atomic E-state index is 12.8. The van der Waals surface area contributed by atoms with Gasteiger partial charge in [0.15, 0.2) is 0 Å². The first kappa shape index (κ1) is 17.5. The summed E-state index contributed by atoms with van der Waals surface area (Å²) in [5.74, 6) is -1.59. The van der Waals surface area contributed by atoms with Crippen molar-refractivity contribution >= 4 is 12.0 Å². The van der Waals surface area contributed by atoms with Crippen LogP contribution in [-0.4, -0.2) is 64.8 Å². The zero-order valence-electron chi connectivity index (χ0n) is 13.3. The summed E-state index contributed by atoms with van der Waals surface area (Å²) in [6.45, 7) is 12.7. The van der Waals surface area contributed by atoms with Crippen LogP contribution in [0.15, 0.2) is 12.7 Å². The van der Waals surface area contributed by atoms with Crippen LogP contribution in [0, 0.1) is 5.92 Å². The fourth-order valence-electron chi connectivity index (χ4n) is 2.52. The number of carboxylic acids is 1. The molecule has 1 fully saturated rings. The third kappa shape index (κ3) is 3.97. The zero-order valence-corrected chi connectivity index (χ0v) is 13.3. The molecule has 0 aliphatic carbocycles. The number of nitrogens with zero attached hydrogens (tertiary/aromatic N) is 2. The second-order valence-corrected chi connectivity index (χ2v) is 6.19. The fourth-order valence-corrected chi connectivity index (χ4v) is 2.52. The van der Waals surface area contributed by atoms with Crippen molar-refractivity contribution in [1.82, 2.24) is 9.80 Å². The van der Waals surface area contributed by atoms with Crippen molar-refractivity contribution in [2.24, 2.45) is 5.92 Å². The summed E-state index contributed by atoms with van der Waals surface area (Å²) in [6.07, 6.45) is 1.68. The first-order valence-electron chi connectivity index (χ1n) is 7.23. The number of carboxylic acid groups (broad SMARTS) is 1. The van der Waals surface area contributed by atoms with E-state index in [1.165, 1.54) is 0 Å². The second-order valence-electron chi connectivity index (χ2n) is 6.19. The highest BCUT2D eigenvalue weighted by Crippen LogP contribution is 2.24. The first-order chi connectivity index (χ1) is 9.73. The second kappa shape index (κ2) is 6.93. The van der Waals surface area contributed by atoms with E-state index < -0.39 is 17.9 Å². The normalized spacial score (nSPS) is 21.9. The summed E-state index contributed by atoms with van der Waals surface area (Å²) < 4.78 is 5.28. The molecular weight excluding hydrogens is 272 g/mol. The van der Waals surface area contributed by atoms with Gasteiger partial charge in [-0.15, -0.1) is 6.58 Å². The summed E-state index contributed by atoms with van der Waals surface area (Å²) in [5, 5.41) is 9.26. The first-order valence-corrected chi connectivity index (χ1v) is 7.23. The molecule has 0 aromatic heterocycles. The molecule has 1 saturated heterocycles. The van der Waals surface area contributed by atoms with Gasteiger partial charge in [-0.05, 0) is 27.7 Å². The van der Waals surface area contributed by atoms with Crippen LogP contribution in [0.3, 0.4) is 0 Å². The molecule has 6 nitrogen and oxygen atoms in total. The van der Waals surface area contributed by atoms with E-state index in [1.807, 2.05) is 27.7 Å². The molecule has 2 atom stereocenters. The van der Waals surface area contributed by atoms with Gasteiger partial charge in [0.05, 0.1) is 19.3 Å². The number of carbonyl (C=O) groups excluding carboxylic acids is 1. The third-order valence-electron chi connectivity index (χ3n) is 3.71. The van der Waals surface area contributed by atoms with Crippen LogP contribution in [0.2, 0.25) is 0 Å². The van der Waals surface area contributed by atoms with Gasteiger partial charge in [-0.1, -0.05) is 6.08 Å². The number of carbonyl (C=O) groups is 2. The molecule has 1 aliphatic heterocycles. The molecule has 1 rings (SSSR count). The molecule has 1 N–H and O–H groups in total. The summed E-state index contributed by atoms with van der Waals surface area (Å²) in [5.41, 5.74) is -0.364. The summed E-state index contributed by atoms with van der Waals surface area (Å²) in [7, 11) is 0. The number of aliphatic carboxylic acids is 1. The Morgan fingerprint density at radius 1 is 1.38 bits per heavy atom. The maximum absolute atomic E-state index is 12.8. The van der Waals surface area contributed by atoms with Gasteiger partial charge in [0, 0.05) is 18.6 Å². The number of hydrogen-bond donors (Lipinski definition) is 1. The van der Waals surface area contributed by atoms with Crippen LogP contribution in [0.25, 0.3) is 0 Å². The Bertz CT molecular complexity index is 403. The lowest BCUT2D eigenvalue weighted by Gasteiger charge is -2.40. The van der Waals surface area contributed by atoms with Crippen LogP contribution < -0.4 is 0 Å². The Morgan fingerprint density at radius 2 is 2.00 bits per heavy atom. The molecule has 0 bridgehead atoms. The van der Waals surface area contributed by atoms with Crippen LogP contribution in [0.1, 0.15) is 27.7 Å². The van der Waals surface area contributed by atoms with Gasteiger partial charge in [-0.2, -0.15) is 0 Å². The Labute approximate surface area is 126 Å². The summed E-state index contributed by atoms with van der Waals surface area (Å²) in [4.78, 5) is 27.4. The van der Waals surface area contributed by atoms with E-state index in [0.717, 1.165) is 0 Å². The average Bonchev–Trinajstić information content (AvgIpc) is 2.84. The summed E-state index contributed by atoms with van der Waals surface area (Å²) >= 11 is 0. The zero-order chi connectivity index (χ0) is 16.2. The highest BCUT2D eigenvalue weighted by atomic mass is 16.5. The number of ether oxygens (including phenoxy) is 1. The van der Waals surface area contributed by atoms with Crippen molar-refractivity contribution in [3.05, 3.63) is 12.7 Å². The lowest BCUT2D eigenvalue weighted by Crippen LogP contribution is -2.56. The lowest BCUT2D eigenvalue weighted by molar-refractivity contribution is -0.142. The van der Waals surface area contributed by atoms with Gasteiger partial charge in [-0.25, -0.2) is 4.79 Å². The van der Waals surface area contributed by atoms with Crippen molar-refractivity contribution in [1.29, 1.82) is 0 Å². The van der Waals surface area contributed by atoms with E-state index in [1.54, 1.807) is 15.9 Å².